The van der Waals surface area contributed by atoms with Gasteiger partial charge in [-0.05, 0) is 24.1 Å². The molecule has 0 saturated heterocycles. The maximum atomic E-state index is 9.28. The number of halogens is 1. The lowest BCUT2D eigenvalue weighted by molar-refractivity contribution is 0.475. The zero-order chi connectivity index (χ0) is 16.8. The van der Waals surface area contributed by atoms with Crippen LogP contribution in [-0.2, 0) is 0 Å². The van der Waals surface area contributed by atoms with Gasteiger partial charge in [0.25, 0.3) is 0 Å². The van der Waals surface area contributed by atoms with Gasteiger partial charge in [0.15, 0.2) is 0 Å². The first kappa shape index (κ1) is 20.4. The predicted octanol–water partition coefficient (Wildman–Crippen LogP) is 7.76. The summed E-state index contributed by atoms with van der Waals surface area (Å²) < 4.78 is 0. The van der Waals surface area contributed by atoms with Gasteiger partial charge in [-0.2, -0.15) is 0 Å². The van der Waals surface area contributed by atoms with E-state index in [2.05, 4.69) is 6.92 Å². The van der Waals surface area contributed by atoms with Crippen molar-refractivity contribution in [2.24, 2.45) is 0 Å². The van der Waals surface area contributed by atoms with Crippen molar-refractivity contribution >= 4 is 11.6 Å². The van der Waals surface area contributed by atoms with E-state index in [4.69, 9.17) is 11.6 Å². The highest BCUT2D eigenvalue weighted by Crippen LogP contribution is 2.28. The Kier molecular flexibility index (Phi) is 12.1. The first-order valence-corrected chi connectivity index (χ1v) is 10.1. The molecule has 2 heteroatoms. The van der Waals surface area contributed by atoms with Crippen LogP contribution in [0.25, 0.3) is 0 Å². The molecule has 1 unspecified atom stereocenters. The van der Waals surface area contributed by atoms with Gasteiger partial charge in [-0.15, -0.1) is 11.6 Å². The lowest BCUT2D eigenvalue weighted by Gasteiger charge is -2.09. The fraction of sp³-hybridized carbons (Fsp3) is 0.714. The van der Waals surface area contributed by atoms with Crippen molar-refractivity contribution < 1.29 is 5.11 Å². The quantitative estimate of drug-likeness (QED) is 0.271. The van der Waals surface area contributed by atoms with E-state index < -0.39 is 0 Å². The highest BCUT2D eigenvalue weighted by atomic mass is 35.5. The molecule has 1 N–H and O–H groups in total. The number of alkyl halides is 1. The molecule has 0 heterocycles. The largest absolute Gasteiger partial charge is 0.508 e. The average molecular weight is 339 g/mol. The van der Waals surface area contributed by atoms with E-state index in [1.807, 2.05) is 12.1 Å². The summed E-state index contributed by atoms with van der Waals surface area (Å²) in [5, 5.41) is 9.37. The summed E-state index contributed by atoms with van der Waals surface area (Å²) in [4.78, 5) is 0. The SMILES string of the molecule is CCCCCCCCCCCCCCC(Cl)c1ccc(O)cc1. The minimum Gasteiger partial charge on any atom is -0.508 e. The summed E-state index contributed by atoms with van der Waals surface area (Å²) in [6.07, 6.45) is 17.5. The van der Waals surface area contributed by atoms with Gasteiger partial charge < -0.3 is 5.11 Å². The van der Waals surface area contributed by atoms with Crippen LogP contribution in [0.1, 0.15) is 101 Å². The summed E-state index contributed by atoms with van der Waals surface area (Å²) >= 11 is 6.41. The van der Waals surface area contributed by atoms with Crippen molar-refractivity contribution in [3.8, 4) is 5.75 Å². The number of phenols is 1. The summed E-state index contributed by atoms with van der Waals surface area (Å²) in [6.45, 7) is 2.27. The summed E-state index contributed by atoms with van der Waals surface area (Å²) in [6, 6.07) is 7.28. The zero-order valence-corrected chi connectivity index (χ0v) is 15.7. The van der Waals surface area contributed by atoms with Crippen LogP contribution < -0.4 is 0 Å². The molecule has 0 saturated carbocycles. The molecule has 1 nitrogen and oxygen atoms in total. The van der Waals surface area contributed by atoms with Crippen LogP contribution in [-0.4, -0.2) is 5.11 Å². The van der Waals surface area contributed by atoms with E-state index in [1.54, 1.807) is 12.1 Å². The normalized spacial score (nSPS) is 12.4. The van der Waals surface area contributed by atoms with E-state index in [0.29, 0.717) is 5.75 Å². The van der Waals surface area contributed by atoms with Gasteiger partial charge >= 0.3 is 0 Å². The summed E-state index contributed by atoms with van der Waals surface area (Å²) in [7, 11) is 0. The van der Waals surface area contributed by atoms with E-state index in [-0.39, 0.29) is 5.38 Å². The monoisotopic (exact) mass is 338 g/mol. The van der Waals surface area contributed by atoms with Gasteiger partial charge in [-0.3, -0.25) is 0 Å². The Hall–Kier alpha value is -0.690. The highest BCUT2D eigenvalue weighted by molar-refractivity contribution is 6.20. The Bertz CT molecular complexity index is 374. The standard InChI is InChI=1S/C21H35ClO/c1-2-3-4-5-6-7-8-9-10-11-12-13-14-21(22)19-15-17-20(23)18-16-19/h15-18,21,23H,2-14H2,1H3. The maximum Gasteiger partial charge on any atom is 0.115 e. The zero-order valence-electron chi connectivity index (χ0n) is 14.9. The van der Waals surface area contributed by atoms with Gasteiger partial charge in [0.2, 0.25) is 0 Å². The number of aromatic hydroxyl groups is 1. The van der Waals surface area contributed by atoms with E-state index in [9.17, 15) is 5.11 Å². The summed E-state index contributed by atoms with van der Waals surface area (Å²) in [5.41, 5.74) is 1.12. The molecule has 0 spiro atoms. The Labute approximate surface area is 148 Å². The smallest absolute Gasteiger partial charge is 0.115 e. The number of unbranched alkanes of at least 4 members (excludes halogenated alkanes) is 11. The third-order valence-corrected chi connectivity index (χ3v) is 5.04. The molecule has 0 amide bonds. The second-order valence-electron chi connectivity index (χ2n) is 6.74. The fourth-order valence-electron chi connectivity index (χ4n) is 3.01. The average Bonchev–Trinajstić information content (AvgIpc) is 2.56. The topological polar surface area (TPSA) is 20.2 Å². The molecule has 0 radical (unpaired) electrons. The summed E-state index contributed by atoms with van der Waals surface area (Å²) in [5.74, 6) is 0.308. The van der Waals surface area contributed by atoms with Gasteiger partial charge in [-0.1, -0.05) is 96.1 Å². The molecule has 0 bridgehead atoms. The van der Waals surface area contributed by atoms with Crippen LogP contribution in [0.5, 0.6) is 5.75 Å². The number of hydrogen-bond acceptors (Lipinski definition) is 1. The Balaban J connectivity index is 1.88. The van der Waals surface area contributed by atoms with Crippen LogP contribution in [0.4, 0.5) is 0 Å². The van der Waals surface area contributed by atoms with E-state index >= 15 is 0 Å². The fourth-order valence-corrected chi connectivity index (χ4v) is 3.31. The van der Waals surface area contributed by atoms with Crippen LogP contribution in [0.3, 0.4) is 0 Å². The van der Waals surface area contributed by atoms with Crippen molar-refractivity contribution in [3.63, 3.8) is 0 Å². The van der Waals surface area contributed by atoms with Gasteiger partial charge in [0.1, 0.15) is 5.75 Å². The van der Waals surface area contributed by atoms with Crippen LogP contribution in [0.15, 0.2) is 24.3 Å². The Morgan fingerprint density at radius 2 is 1.17 bits per heavy atom. The first-order valence-electron chi connectivity index (χ1n) is 9.67. The molecule has 0 aromatic heterocycles. The van der Waals surface area contributed by atoms with Crippen LogP contribution >= 0.6 is 11.6 Å². The molecule has 0 fully saturated rings. The lowest BCUT2D eigenvalue weighted by atomic mass is 10.0. The van der Waals surface area contributed by atoms with Gasteiger partial charge in [-0.25, -0.2) is 0 Å². The van der Waals surface area contributed by atoms with Gasteiger partial charge in [0, 0.05) is 0 Å². The molecule has 23 heavy (non-hydrogen) atoms. The van der Waals surface area contributed by atoms with Crippen molar-refractivity contribution in [3.05, 3.63) is 29.8 Å². The molecule has 1 aromatic carbocycles. The molecule has 0 aliphatic heterocycles. The van der Waals surface area contributed by atoms with Crippen molar-refractivity contribution in [2.45, 2.75) is 95.8 Å². The number of rotatable bonds is 14. The van der Waals surface area contributed by atoms with Crippen molar-refractivity contribution in [1.82, 2.24) is 0 Å². The van der Waals surface area contributed by atoms with Gasteiger partial charge in [0.05, 0.1) is 5.38 Å². The molecular formula is C21H35ClO. The third kappa shape index (κ3) is 10.7. The van der Waals surface area contributed by atoms with E-state index in [0.717, 1.165) is 12.0 Å². The third-order valence-electron chi connectivity index (χ3n) is 4.57. The molecule has 1 aromatic rings. The molecule has 0 aliphatic carbocycles. The van der Waals surface area contributed by atoms with Crippen molar-refractivity contribution in [2.75, 3.05) is 0 Å². The lowest BCUT2D eigenvalue weighted by Crippen LogP contribution is -1.90. The Morgan fingerprint density at radius 1 is 0.739 bits per heavy atom. The molecule has 0 aliphatic rings. The Morgan fingerprint density at radius 3 is 1.65 bits per heavy atom. The second kappa shape index (κ2) is 13.7. The maximum absolute atomic E-state index is 9.28. The molecule has 1 rings (SSSR count). The highest BCUT2D eigenvalue weighted by Gasteiger charge is 2.07. The first-order chi connectivity index (χ1) is 11.2. The van der Waals surface area contributed by atoms with Crippen LogP contribution in [0.2, 0.25) is 0 Å². The molecular weight excluding hydrogens is 304 g/mol. The second-order valence-corrected chi connectivity index (χ2v) is 7.26. The van der Waals surface area contributed by atoms with Crippen LogP contribution in [0, 0.1) is 0 Å². The van der Waals surface area contributed by atoms with E-state index in [1.165, 1.54) is 77.0 Å². The number of phenolic OH excluding ortho intramolecular Hbond substituents is 1. The minimum absolute atomic E-state index is 0.0821. The number of benzene rings is 1. The minimum atomic E-state index is 0.0821. The predicted molar refractivity (Wildman–Crippen MR) is 102 cm³/mol. The van der Waals surface area contributed by atoms with Crippen molar-refractivity contribution in [1.29, 1.82) is 0 Å². The molecule has 132 valence electrons. The molecule has 1 atom stereocenters. The number of hydrogen-bond donors (Lipinski definition) is 1.